The Kier molecular flexibility index (Phi) is 6.02. The summed E-state index contributed by atoms with van der Waals surface area (Å²) in [5.74, 6) is 0.910. The lowest BCUT2D eigenvalue weighted by atomic mass is 10.3. The van der Waals surface area contributed by atoms with E-state index in [2.05, 4.69) is 47.3 Å². The number of urea groups is 1. The smallest absolute Gasteiger partial charge is 0.319 e. The maximum atomic E-state index is 11.6. The van der Waals surface area contributed by atoms with Gasteiger partial charge in [0.2, 0.25) is 0 Å². The van der Waals surface area contributed by atoms with Gasteiger partial charge in [-0.25, -0.2) is 4.79 Å². The van der Waals surface area contributed by atoms with Crippen LogP contribution in [0.25, 0.3) is 0 Å². The predicted molar refractivity (Wildman–Crippen MR) is 83.4 cm³/mol. The van der Waals surface area contributed by atoms with Crippen molar-refractivity contribution in [2.75, 3.05) is 17.6 Å². The SMILES string of the molecule is CC(C)(C)SCCNC(=O)Nc1ccccc1Br. The molecule has 0 unspecified atom stereocenters. The lowest BCUT2D eigenvalue weighted by Gasteiger charge is -2.17. The predicted octanol–water partition coefficient (Wildman–Crippen LogP) is 4.10. The summed E-state index contributed by atoms with van der Waals surface area (Å²) in [6.07, 6.45) is 0. The van der Waals surface area contributed by atoms with Gasteiger partial charge in [-0.05, 0) is 28.1 Å². The number of carbonyl (C=O) groups excluding carboxylic acids is 1. The minimum atomic E-state index is -0.170. The molecule has 0 fully saturated rings. The maximum absolute atomic E-state index is 11.6. The number of halogens is 1. The molecule has 1 aromatic carbocycles. The van der Waals surface area contributed by atoms with Gasteiger partial charge in [0, 0.05) is 21.5 Å². The first-order valence-corrected chi connectivity index (χ1v) is 7.60. The summed E-state index contributed by atoms with van der Waals surface area (Å²) in [7, 11) is 0. The van der Waals surface area contributed by atoms with Crippen LogP contribution in [0.5, 0.6) is 0 Å². The number of hydrogen-bond acceptors (Lipinski definition) is 2. The van der Waals surface area contributed by atoms with Gasteiger partial charge >= 0.3 is 6.03 Å². The van der Waals surface area contributed by atoms with Crippen molar-refractivity contribution >= 4 is 39.4 Å². The number of anilines is 1. The molecule has 3 nitrogen and oxygen atoms in total. The average Bonchev–Trinajstić information content (AvgIpc) is 2.26. The van der Waals surface area contributed by atoms with Crippen molar-refractivity contribution in [1.29, 1.82) is 0 Å². The molecule has 0 saturated carbocycles. The molecule has 5 heteroatoms. The number of amides is 2. The van der Waals surface area contributed by atoms with Crippen LogP contribution in [-0.2, 0) is 0 Å². The second-order valence-electron chi connectivity index (χ2n) is 4.82. The van der Waals surface area contributed by atoms with Crippen molar-refractivity contribution in [1.82, 2.24) is 5.32 Å². The summed E-state index contributed by atoms with van der Waals surface area (Å²) in [6, 6.07) is 7.37. The third-order valence-electron chi connectivity index (χ3n) is 2.04. The van der Waals surface area contributed by atoms with E-state index in [-0.39, 0.29) is 10.8 Å². The molecule has 1 rings (SSSR count). The number of hydrogen-bond donors (Lipinski definition) is 2. The molecule has 18 heavy (non-hydrogen) atoms. The quantitative estimate of drug-likeness (QED) is 0.816. The maximum Gasteiger partial charge on any atom is 0.319 e. The zero-order chi connectivity index (χ0) is 13.6. The van der Waals surface area contributed by atoms with E-state index in [1.165, 1.54) is 0 Å². The van der Waals surface area contributed by atoms with Gasteiger partial charge in [0.05, 0.1) is 5.69 Å². The van der Waals surface area contributed by atoms with Gasteiger partial charge in [-0.15, -0.1) is 0 Å². The van der Waals surface area contributed by atoms with E-state index in [0.717, 1.165) is 15.9 Å². The molecule has 0 aliphatic carbocycles. The molecule has 2 N–H and O–H groups in total. The van der Waals surface area contributed by atoms with E-state index in [1.54, 1.807) is 0 Å². The molecule has 0 aliphatic heterocycles. The Morgan fingerprint density at radius 2 is 2.00 bits per heavy atom. The number of nitrogens with one attached hydrogen (secondary N) is 2. The van der Waals surface area contributed by atoms with Crippen molar-refractivity contribution in [3.63, 3.8) is 0 Å². The van der Waals surface area contributed by atoms with Gasteiger partial charge in [-0.1, -0.05) is 32.9 Å². The fourth-order valence-electron chi connectivity index (χ4n) is 1.25. The number of benzene rings is 1. The van der Waals surface area contributed by atoms with Gasteiger partial charge in [-0.2, -0.15) is 11.8 Å². The van der Waals surface area contributed by atoms with E-state index in [4.69, 9.17) is 0 Å². The molecule has 0 radical (unpaired) electrons. The van der Waals surface area contributed by atoms with Gasteiger partial charge in [0.1, 0.15) is 0 Å². The van der Waals surface area contributed by atoms with Crippen molar-refractivity contribution in [2.24, 2.45) is 0 Å². The first kappa shape index (κ1) is 15.4. The summed E-state index contributed by atoms with van der Waals surface area (Å²) in [5, 5.41) is 5.64. The van der Waals surface area contributed by atoms with E-state index in [9.17, 15) is 4.79 Å². The Morgan fingerprint density at radius 3 is 2.61 bits per heavy atom. The fourth-order valence-corrected chi connectivity index (χ4v) is 2.45. The van der Waals surface area contributed by atoms with Crippen LogP contribution in [-0.4, -0.2) is 23.1 Å². The number of rotatable bonds is 4. The molecule has 0 aromatic heterocycles. The molecule has 0 heterocycles. The van der Waals surface area contributed by atoms with Crippen molar-refractivity contribution in [3.05, 3.63) is 28.7 Å². The summed E-state index contributed by atoms with van der Waals surface area (Å²) >= 11 is 5.22. The van der Waals surface area contributed by atoms with Gasteiger partial charge in [-0.3, -0.25) is 0 Å². The highest BCUT2D eigenvalue weighted by Crippen LogP contribution is 2.22. The van der Waals surface area contributed by atoms with Gasteiger partial charge in [0.15, 0.2) is 0 Å². The zero-order valence-corrected chi connectivity index (χ0v) is 13.3. The summed E-state index contributed by atoms with van der Waals surface area (Å²) < 4.78 is 1.12. The third kappa shape index (κ3) is 6.31. The minimum absolute atomic E-state index is 0.170. The topological polar surface area (TPSA) is 41.1 Å². The second kappa shape index (κ2) is 7.04. The van der Waals surface area contributed by atoms with Crippen LogP contribution in [0.2, 0.25) is 0 Å². The Hall–Kier alpha value is -0.680. The number of carbonyl (C=O) groups is 1. The molecule has 0 atom stereocenters. The minimum Gasteiger partial charge on any atom is -0.337 e. The molecule has 100 valence electrons. The van der Waals surface area contributed by atoms with Crippen LogP contribution < -0.4 is 10.6 Å². The van der Waals surface area contributed by atoms with Gasteiger partial charge in [0.25, 0.3) is 0 Å². The standard InChI is InChI=1S/C13H19BrN2OS/c1-13(2,3)18-9-8-15-12(17)16-11-7-5-4-6-10(11)14/h4-7H,8-9H2,1-3H3,(H2,15,16,17). The second-order valence-corrected chi connectivity index (χ2v) is 7.60. The largest absolute Gasteiger partial charge is 0.337 e. The molecule has 0 aliphatic rings. The Morgan fingerprint density at radius 1 is 1.33 bits per heavy atom. The summed E-state index contributed by atoms with van der Waals surface area (Å²) in [4.78, 5) is 11.6. The van der Waals surface area contributed by atoms with Crippen molar-refractivity contribution in [2.45, 2.75) is 25.5 Å². The monoisotopic (exact) mass is 330 g/mol. The van der Waals surface area contributed by atoms with Crippen molar-refractivity contribution < 1.29 is 4.79 Å². The molecule has 0 spiro atoms. The van der Waals surface area contributed by atoms with E-state index < -0.39 is 0 Å². The Balaban J connectivity index is 2.29. The lowest BCUT2D eigenvalue weighted by Crippen LogP contribution is -2.31. The van der Waals surface area contributed by atoms with Crippen LogP contribution in [0.15, 0.2) is 28.7 Å². The lowest BCUT2D eigenvalue weighted by molar-refractivity contribution is 0.252. The summed E-state index contributed by atoms with van der Waals surface area (Å²) in [6.45, 7) is 7.16. The highest BCUT2D eigenvalue weighted by molar-refractivity contribution is 9.10. The third-order valence-corrected chi connectivity index (χ3v) is 4.01. The number of thioether (sulfide) groups is 1. The Labute approximate surface area is 121 Å². The molecular weight excluding hydrogens is 312 g/mol. The van der Waals surface area contributed by atoms with Crippen LogP contribution in [0, 0.1) is 0 Å². The molecule has 2 amide bonds. The van der Waals surface area contributed by atoms with E-state index in [1.807, 2.05) is 36.0 Å². The normalized spacial score (nSPS) is 11.1. The van der Waals surface area contributed by atoms with Crippen LogP contribution >= 0.6 is 27.7 Å². The molecule has 0 saturated heterocycles. The summed E-state index contributed by atoms with van der Waals surface area (Å²) in [5.41, 5.74) is 0.776. The first-order valence-electron chi connectivity index (χ1n) is 5.82. The van der Waals surface area contributed by atoms with E-state index >= 15 is 0 Å². The highest BCUT2D eigenvalue weighted by Gasteiger charge is 2.10. The fraction of sp³-hybridized carbons (Fsp3) is 0.462. The average molecular weight is 331 g/mol. The number of para-hydroxylation sites is 1. The van der Waals surface area contributed by atoms with Crippen LogP contribution in [0.3, 0.4) is 0 Å². The van der Waals surface area contributed by atoms with Gasteiger partial charge < -0.3 is 10.6 Å². The molecule has 0 bridgehead atoms. The Bertz CT molecular complexity index is 404. The molecule has 1 aromatic rings. The van der Waals surface area contributed by atoms with Crippen LogP contribution in [0.1, 0.15) is 20.8 Å². The zero-order valence-electron chi connectivity index (χ0n) is 10.9. The highest BCUT2D eigenvalue weighted by atomic mass is 79.9. The molecular formula is C13H19BrN2OS. The van der Waals surface area contributed by atoms with Crippen LogP contribution in [0.4, 0.5) is 10.5 Å². The van der Waals surface area contributed by atoms with E-state index in [0.29, 0.717) is 6.54 Å². The first-order chi connectivity index (χ1) is 8.38. The van der Waals surface area contributed by atoms with Crippen molar-refractivity contribution in [3.8, 4) is 0 Å².